The van der Waals surface area contributed by atoms with E-state index in [0.29, 0.717) is 16.7 Å². The second-order valence-electron chi connectivity index (χ2n) is 8.34. The fourth-order valence-electron chi connectivity index (χ4n) is 4.52. The van der Waals surface area contributed by atoms with Crippen LogP contribution in [0.3, 0.4) is 0 Å². The summed E-state index contributed by atoms with van der Waals surface area (Å²) in [5.74, 6) is 0.00255. The lowest BCUT2D eigenvalue weighted by Crippen LogP contribution is -3.00. The number of carbonyl (C=O) groups is 1. The number of benzene rings is 4. The quantitative estimate of drug-likeness (QED) is 0.155. The summed E-state index contributed by atoms with van der Waals surface area (Å²) in [4.78, 5) is 25.6. The van der Waals surface area contributed by atoms with Crippen LogP contribution in [0.4, 0.5) is 0 Å². The molecule has 0 N–H and O–H groups in total. The number of ketones is 1. The SMILES string of the molecule is O=C(C[n+]1cccc2c3ccccc3ccc21)c1ccc(-c2cc3ccccc3oc2=O)cc1.[Br-]. The third kappa shape index (κ3) is 4.15. The smallest absolute Gasteiger partial charge is 0.344 e. The van der Waals surface area contributed by atoms with Crippen LogP contribution in [0.1, 0.15) is 10.4 Å². The number of halogens is 1. The molecular formula is C30H20BrNO3. The van der Waals surface area contributed by atoms with Crippen LogP contribution in [0.5, 0.6) is 0 Å². The maximum Gasteiger partial charge on any atom is 0.344 e. The van der Waals surface area contributed by atoms with Crippen LogP contribution in [-0.2, 0) is 6.54 Å². The van der Waals surface area contributed by atoms with E-state index in [4.69, 9.17) is 4.42 Å². The average Bonchev–Trinajstić information content (AvgIpc) is 2.88. The monoisotopic (exact) mass is 521 g/mol. The molecule has 170 valence electrons. The lowest BCUT2D eigenvalue weighted by molar-refractivity contribution is -0.657. The van der Waals surface area contributed by atoms with Gasteiger partial charge in [-0.25, -0.2) is 4.79 Å². The summed E-state index contributed by atoms with van der Waals surface area (Å²) in [5, 5.41) is 4.32. The van der Waals surface area contributed by atoms with Crippen LogP contribution in [-0.4, -0.2) is 5.78 Å². The summed E-state index contributed by atoms with van der Waals surface area (Å²) in [6.45, 7) is 0.229. The second kappa shape index (κ2) is 9.28. The second-order valence-corrected chi connectivity index (χ2v) is 8.34. The van der Waals surface area contributed by atoms with Crippen molar-refractivity contribution in [3.8, 4) is 11.1 Å². The molecule has 0 amide bonds. The minimum absolute atomic E-state index is 0. The number of hydrogen-bond acceptors (Lipinski definition) is 3. The maximum atomic E-state index is 13.1. The van der Waals surface area contributed by atoms with Crippen LogP contribution < -0.4 is 27.2 Å². The molecule has 2 aromatic heterocycles. The number of nitrogens with zero attached hydrogens (tertiary/aromatic N) is 1. The van der Waals surface area contributed by atoms with Gasteiger partial charge in [-0.3, -0.25) is 4.79 Å². The van der Waals surface area contributed by atoms with E-state index < -0.39 is 5.63 Å². The fraction of sp³-hybridized carbons (Fsp3) is 0.0333. The summed E-state index contributed by atoms with van der Waals surface area (Å²) in [5.41, 5.74) is 2.98. The van der Waals surface area contributed by atoms with Gasteiger partial charge in [-0.05, 0) is 40.6 Å². The van der Waals surface area contributed by atoms with Crippen molar-refractivity contribution in [3.63, 3.8) is 0 Å². The van der Waals surface area contributed by atoms with Crippen molar-refractivity contribution < 1.29 is 30.8 Å². The number of Topliss-reactive ketones (excluding diaryl/α,β-unsaturated/α-hetero) is 1. The molecule has 2 heterocycles. The lowest BCUT2D eigenvalue weighted by atomic mass is 10.0. The molecule has 0 radical (unpaired) electrons. The normalized spacial score (nSPS) is 11.0. The Morgan fingerprint density at radius 1 is 0.743 bits per heavy atom. The molecule has 4 nitrogen and oxygen atoms in total. The average molecular weight is 522 g/mol. The highest BCUT2D eigenvalue weighted by molar-refractivity contribution is 6.05. The van der Waals surface area contributed by atoms with E-state index in [0.717, 1.165) is 21.9 Å². The number of para-hydroxylation sites is 1. The molecule has 0 saturated heterocycles. The molecule has 4 aromatic carbocycles. The van der Waals surface area contributed by atoms with Gasteiger partial charge in [0.1, 0.15) is 5.58 Å². The van der Waals surface area contributed by atoms with Gasteiger partial charge in [0.05, 0.1) is 10.9 Å². The summed E-state index contributed by atoms with van der Waals surface area (Å²) < 4.78 is 7.43. The summed E-state index contributed by atoms with van der Waals surface area (Å²) >= 11 is 0. The van der Waals surface area contributed by atoms with Crippen LogP contribution in [0, 0.1) is 0 Å². The molecule has 0 unspecified atom stereocenters. The molecule has 0 spiro atoms. The van der Waals surface area contributed by atoms with Gasteiger partial charge in [0, 0.05) is 23.1 Å². The van der Waals surface area contributed by atoms with Crippen LogP contribution in [0.15, 0.2) is 119 Å². The van der Waals surface area contributed by atoms with Crippen molar-refractivity contribution in [2.24, 2.45) is 0 Å². The molecule has 0 saturated carbocycles. The Kier molecular flexibility index (Phi) is 6.01. The zero-order chi connectivity index (χ0) is 23.1. The molecule has 0 aliphatic heterocycles. The van der Waals surface area contributed by atoms with E-state index in [1.54, 1.807) is 30.3 Å². The predicted octanol–water partition coefficient (Wildman–Crippen LogP) is 2.94. The minimum Gasteiger partial charge on any atom is -1.00 e. The van der Waals surface area contributed by atoms with E-state index in [1.165, 1.54) is 10.8 Å². The van der Waals surface area contributed by atoms with Gasteiger partial charge in [0.2, 0.25) is 17.8 Å². The first-order valence-corrected chi connectivity index (χ1v) is 11.1. The highest BCUT2D eigenvalue weighted by Crippen LogP contribution is 2.24. The number of rotatable bonds is 4. The Morgan fingerprint density at radius 2 is 1.46 bits per heavy atom. The van der Waals surface area contributed by atoms with Gasteiger partial charge in [0.25, 0.3) is 0 Å². The fourth-order valence-corrected chi connectivity index (χ4v) is 4.52. The molecule has 5 heteroatoms. The minimum atomic E-state index is -0.392. The van der Waals surface area contributed by atoms with E-state index >= 15 is 0 Å². The van der Waals surface area contributed by atoms with E-state index in [2.05, 4.69) is 30.3 Å². The molecule has 0 aliphatic rings. The topological polar surface area (TPSA) is 51.2 Å². The Bertz CT molecular complexity index is 1770. The van der Waals surface area contributed by atoms with E-state index in [9.17, 15) is 9.59 Å². The first kappa shape index (κ1) is 22.7. The Balaban J connectivity index is 0.00000253. The Morgan fingerprint density at radius 3 is 2.29 bits per heavy atom. The van der Waals surface area contributed by atoms with Gasteiger partial charge in [-0.15, -0.1) is 0 Å². The highest BCUT2D eigenvalue weighted by Gasteiger charge is 2.17. The molecule has 6 rings (SSSR count). The van der Waals surface area contributed by atoms with Crippen molar-refractivity contribution in [1.82, 2.24) is 0 Å². The molecule has 35 heavy (non-hydrogen) atoms. The van der Waals surface area contributed by atoms with Crippen LogP contribution in [0.2, 0.25) is 0 Å². The number of aromatic nitrogens is 1. The number of hydrogen-bond donors (Lipinski definition) is 0. The maximum absolute atomic E-state index is 13.1. The molecule has 6 aromatic rings. The third-order valence-corrected chi connectivity index (χ3v) is 6.26. The van der Waals surface area contributed by atoms with Gasteiger partial charge >= 0.3 is 5.63 Å². The Hall–Kier alpha value is -4.09. The number of fused-ring (bicyclic) bond motifs is 4. The van der Waals surface area contributed by atoms with Gasteiger partial charge < -0.3 is 21.4 Å². The first-order valence-electron chi connectivity index (χ1n) is 11.1. The zero-order valence-corrected chi connectivity index (χ0v) is 20.2. The molecule has 0 bridgehead atoms. The van der Waals surface area contributed by atoms with Crippen molar-refractivity contribution >= 4 is 38.4 Å². The third-order valence-electron chi connectivity index (χ3n) is 6.26. The summed E-state index contributed by atoms with van der Waals surface area (Å²) in [6, 6.07) is 32.9. The lowest BCUT2D eigenvalue weighted by Gasteiger charge is -2.06. The van der Waals surface area contributed by atoms with E-state index in [1.807, 2.05) is 53.2 Å². The van der Waals surface area contributed by atoms with Crippen LogP contribution >= 0.6 is 0 Å². The zero-order valence-electron chi connectivity index (χ0n) is 18.6. The van der Waals surface area contributed by atoms with Crippen molar-refractivity contribution in [2.75, 3.05) is 0 Å². The molecule has 0 atom stereocenters. The molecular weight excluding hydrogens is 502 g/mol. The molecule has 0 aliphatic carbocycles. The first-order chi connectivity index (χ1) is 16.7. The summed E-state index contributed by atoms with van der Waals surface area (Å²) in [7, 11) is 0. The van der Waals surface area contributed by atoms with Gasteiger partial charge in [0.15, 0.2) is 6.20 Å². The van der Waals surface area contributed by atoms with Crippen molar-refractivity contribution in [2.45, 2.75) is 6.54 Å². The number of carbonyl (C=O) groups excluding carboxylic acids is 1. The standard InChI is InChI=1S/C30H20NO3.BrH/c32-28(19-31-17-5-9-25-24-8-3-1-6-20(24)15-16-27(25)31)22-13-11-21(12-14-22)26-18-23-7-2-4-10-29(23)34-30(26)33;/h1-18H,19H2;1H/q+1;/p-1. The van der Waals surface area contributed by atoms with Gasteiger partial charge in [-0.2, -0.15) is 4.57 Å². The van der Waals surface area contributed by atoms with Crippen molar-refractivity contribution in [1.29, 1.82) is 0 Å². The highest BCUT2D eigenvalue weighted by atomic mass is 79.9. The van der Waals surface area contributed by atoms with Crippen molar-refractivity contribution in [3.05, 3.63) is 125 Å². The number of pyridine rings is 1. The largest absolute Gasteiger partial charge is 1.00 e. The van der Waals surface area contributed by atoms with Gasteiger partial charge in [-0.1, -0.05) is 66.7 Å². The summed E-state index contributed by atoms with van der Waals surface area (Å²) in [6.07, 6.45) is 1.93. The predicted molar refractivity (Wildman–Crippen MR) is 134 cm³/mol. The van der Waals surface area contributed by atoms with E-state index in [-0.39, 0.29) is 29.3 Å². The van der Waals surface area contributed by atoms with Crippen LogP contribution in [0.25, 0.3) is 43.8 Å². The molecule has 0 fully saturated rings. The Labute approximate surface area is 211 Å².